The van der Waals surface area contributed by atoms with Crippen molar-refractivity contribution in [3.05, 3.63) is 58.1 Å². The summed E-state index contributed by atoms with van der Waals surface area (Å²) in [5.41, 5.74) is 10.9. The Labute approximate surface area is 181 Å². The predicted octanol–water partition coefficient (Wildman–Crippen LogP) is 2.66. The number of halogens is 2. The van der Waals surface area contributed by atoms with Crippen molar-refractivity contribution in [3.63, 3.8) is 0 Å². The first-order valence-corrected chi connectivity index (χ1v) is 9.94. The Kier molecular flexibility index (Phi) is 6.63. The number of hydrogen-bond donors (Lipinski definition) is 0. The zero-order valence-electron chi connectivity index (χ0n) is 14.2. The summed E-state index contributed by atoms with van der Waals surface area (Å²) in [6.45, 7) is 2.00. The zero-order valence-corrected chi connectivity index (χ0v) is 18.6. The molecule has 0 amide bonds. The van der Waals surface area contributed by atoms with Crippen LogP contribution in [0.1, 0.15) is 16.8 Å². The zero-order chi connectivity index (χ0) is 19.2. The van der Waals surface area contributed by atoms with Gasteiger partial charge in [-0.3, -0.25) is 9.36 Å². The fourth-order valence-corrected chi connectivity index (χ4v) is 3.51. The second kappa shape index (κ2) is 9.15. The average molecular weight is 590 g/mol. The molecule has 0 bridgehead atoms. The first-order valence-electron chi connectivity index (χ1n) is 7.78. The molecule has 0 spiro atoms. The Hall–Kier alpha value is -2.18. The quantitative estimate of drug-likeness (QED) is 0.190. The molecule has 0 N–H and O–H groups in total. The molecule has 0 aliphatic heterocycles. The van der Waals surface area contributed by atoms with Crippen molar-refractivity contribution in [2.24, 2.45) is 12.2 Å². The first-order chi connectivity index (χ1) is 13.0. The summed E-state index contributed by atoms with van der Waals surface area (Å²) in [6.07, 6.45) is 5.61. The summed E-state index contributed by atoms with van der Waals surface area (Å²) >= 11 is 4.32. The summed E-state index contributed by atoms with van der Waals surface area (Å²) in [6, 6.07) is 2.89. The molecule has 11 nitrogen and oxygen atoms in total. The van der Waals surface area contributed by atoms with Crippen molar-refractivity contribution < 1.29 is 0 Å². The summed E-state index contributed by atoms with van der Waals surface area (Å²) in [7, 11) is 1.89. The van der Waals surface area contributed by atoms with Crippen LogP contribution in [0.25, 0.3) is 15.3 Å². The highest BCUT2D eigenvalue weighted by Gasteiger charge is 2.09. The van der Waals surface area contributed by atoms with Crippen LogP contribution in [0.5, 0.6) is 0 Å². The van der Waals surface area contributed by atoms with Crippen LogP contribution in [0.3, 0.4) is 0 Å². The molecule has 138 valence electrons. The van der Waals surface area contributed by atoms with E-state index in [0.717, 1.165) is 18.5 Å². The highest BCUT2D eigenvalue weighted by atomic mass is 127. The van der Waals surface area contributed by atoms with E-state index in [0.29, 0.717) is 31.9 Å². The molecular formula is C14H14I2N11+. The molecule has 3 heterocycles. The number of aryl methyl sites for hydroxylation is 1. The number of aromatic nitrogens is 7. The molecule has 27 heavy (non-hydrogen) atoms. The molecule has 0 aliphatic rings. The van der Waals surface area contributed by atoms with Crippen LogP contribution in [-0.4, -0.2) is 41.1 Å². The number of rotatable bonds is 6. The van der Waals surface area contributed by atoms with Gasteiger partial charge >= 0.3 is 6.07 Å². The van der Waals surface area contributed by atoms with Crippen LogP contribution >= 0.6 is 45.2 Å². The molecule has 13 heteroatoms. The second-order valence-electron chi connectivity index (χ2n) is 5.51. The highest BCUT2D eigenvalue weighted by molar-refractivity contribution is 14.1. The van der Waals surface area contributed by atoms with E-state index in [1.165, 1.54) is 0 Å². The van der Waals surface area contributed by atoms with Crippen molar-refractivity contribution in [2.45, 2.75) is 19.6 Å². The number of nitrogens with zero attached hydrogens (tertiary/aromatic N) is 11. The lowest BCUT2D eigenvalue weighted by Crippen LogP contribution is -2.00. The highest BCUT2D eigenvalue weighted by Crippen LogP contribution is 2.12. The van der Waals surface area contributed by atoms with Gasteiger partial charge in [-0.25, -0.2) is 4.68 Å². The van der Waals surface area contributed by atoms with Gasteiger partial charge in [0, 0.05) is 35.5 Å². The fourth-order valence-electron chi connectivity index (χ4n) is 2.27. The Morgan fingerprint density at radius 2 is 1.96 bits per heavy atom. The lowest BCUT2D eigenvalue weighted by atomic mass is 10.4. The van der Waals surface area contributed by atoms with Gasteiger partial charge in [0.25, 0.3) is 6.54 Å². The minimum Gasteiger partial charge on any atom is -0.274 e. The van der Waals surface area contributed by atoms with Crippen molar-refractivity contribution in [3.8, 4) is 6.07 Å². The Morgan fingerprint density at radius 1 is 1.15 bits per heavy atom. The van der Waals surface area contributed by atoms with Gasteiger partial charge in [-0.15, -0.1) is 5.10 Å². The third-order valence-corrected chi connectivity index (χ3v) is 5.27. The normalized spacial score (nSPS) is 10.3. The maximum absolute atomic E-state index is 8.39. The van der Waals surface area contributed by atoms with Crippen LogP contribution < -0.4 is 0 Å². The van der Waals surface area contributed by atoms with E-state index < -0.39 is 0 Å². The van der Waals surface area contributed by atoms with Gasteiger partial charge < -0.3 is 0 Å². The van der Waals surface area contributed by atoms with Gasteiger partial charge in [0.15, 0.2) is 0 Å². The Bertz CT molecular complexity index is 1040. The fraction of sp³-hybridized carbons (Fsp3) is 0.357. The maximum Gasteiger partial charge on any atom is 0.335 e. The van der Waals surface area contributed by atoms with Gasteiger partial charge in [-0.2, -0.15) is 10.2 Å². The molecular weight excluding hydrogens is 576 g/mol. The van der Waals surface area contributed by atoms with E-state index in [-0.39, 0.29) is 0 Å². The standard InChI is InChI=1S/C14H14I2N11/c1-25-6-11(14(16)21-25)8-27-9-12(20-24-27)5-18-2-3-26-7-10(4-19-23-17)13(15)22-26/h6-7,9H,2-4,8H2,1H3/q+1. The maximum atomic E-state index is 8.39. The Morgan fingerprint density at radius 3 is 2.70 bits per heavy atom. The minimum atomic E-state index is 0.295. The summed E-state index contributed by atoms with van der Waals surface area (Å²) in [5, 5.41) is 20.4. The van der Waals surface area contributed by atoms with E-state index in [2.05, 4.69) is 86.6 Å². The largest absolute Gasteiger partial charge is 0.335 e. The summed E-state index contributed by atoms with van der Waals surface area (Å²) in [4.78, 5) is 7.01. The number of azide groups is 1. The Balaban J connectivity index is 1.55. The smallest absolute Gasteiger partial charge is 0.274 e. The predicted molar refractivity (Wildman–Crippen MR) is 114 cm³/mol. The lowest BCUT2D eigenvalue weighted by Gasteiger charge is -1.95. The summed E-state index contributed by atoms with van der Waals surface area (Å²) in [5.74, 6) is 0. The van der Waals surface area contributed by atoms with Crippen molar-refractivity contribution >= 4 is 45.2 Å². The van der Waals surface area contributed by atoms with Gasteiger partial charge in [0.2, 0.25) is 5.69 Å². The SMILES string of the molecule is Cn1cc(Cn2cc(C#[N+]CCn3cc(CN=[N+]=[N-])c(I)n3)nn2)c(I)n1. The van der Waals surface area contributed by atoms with Crippen molar-refractivity contribution in [1.29, 1.82) is 0 Å². The summed E-state index contributed by atoms with van der Waals surface area (Å²) < 4.78 is 7.04. The molecule has 0 fully saturated rings. The van der Waals surface area contributed by atoms with Crippen LogP contribution in [0, 0.1) is 13.5 Å². The van der Waals surface area contributed by atoms with Crippen LogP contribution in [0.15, 0.2) is 23.7 Å². The van der Waals surface area contributed by atoms with Gasteiger partial charge in [0.05, 0.1) is 19.3 Å². The third-order valence-electron chi connectivity index (χ3n) is 3.45. The van der Waals surface area contributed by atoms with Crippen molar-refractivity contribution in [2.75, 3.05) is 6.54 Å². The van der Waals surface area contributed by atoms with Crippen LogP contribution in [0.2, 0.25) is 0 Å². The van der Waals surface area contributed by atoms with E-state index in [1.807, 2.05) is 19.4 Å². The molecule has 3 aromatic rings. The molecule has 0 radical (unpaired) electrons. The first kappa shape index (κ1) is 19.6. The average Bonchev–Trinajstić information content (AvgIpc) is 3.30. The topological polar surface area (TPSA) is 119 Å². The molecule has 0 aromatic carbocycles. The van der Waals surface area contributed by atoms with Gasteiger partial charge in [-0.1, -0.05) is 15.2 Å². The van der Waals surface area contributed by atoms with Crippen LogP contribution in [0.4, 0.5) is 0 Å². The monoisotopic (exact) mass is 590 g/mol. The second-order valence-corrected chi connectivity index (χ2v) is 7.55. The van der Waals surface area contributed by atoms with E-state index in [1.54, 1.807) is 20.2 Å². The molecule has 0 saturated heterocycles. The van der Waals surface area contributed by atoms with Gasteiger partial charge in [0.1, 0.15) is 13.9 Å². The van der Waals surface area contributed by atoms with E-state index >= 15 is 0 Å². The third kappa shape index (κ3) is 5.40. The van der Waals surface area contributed by atoms with Crippen LogP contribution in [-0.2, 0) is 26.7 Å². The molecule has 0 aliphatic carbocycles. The van der Waals surface area contributed by atoms with E-state index in [9.17, 15) is 0 Å². The molecule has 0 unspecified atom stereocenters. The molecule has 3 aromatic heterocycles. The van der Waals surface area contributed by atoms with E-state index in [4.69, 9.17) is 5.53 Å². The van der Waals surface area contributed by atoms with Crippen molar-refractivity contribution in [1.82, 2.24) is 34.6 Å². The number of hydrogen-bond acceptors (Lipinski definition) is 5. The molecule has 0 saturated carbocycles. The lowest BCUT2D eigenvalue weighted by molar-refractivity contribution is 0.643. The minimum absolute atomic E-state index is 0.295. The van der Waals surface area contributed by atoms with Gasteiger partial charge in [-0.05, 0) is 50.7 Å². The molecule has 0 atom stereocenters. The molecule has 3 rings (SSSR count).